The summed E-state index contributed by atoms with van der Waals surface area (Å²) in [6.45, 7) is 1.79. The van der Waals surface area contributed by atoms with Crippen molar-refractivity contribution in [2.24, 2.45) is 0 Å². The largest absolute Gasteiger partial charge is 0.477 e. The molecule has 3 aromatic carbocycles. The van der Waals surface area contributed by atoms with Crippen LogP contribution in [0.5, 0.6) is 5.75 Å². The van der Waals surface area contributed by atoms with E-state index in [2.05, 4.69) is 15.5 Å². The van der Waals surface area contributed by atoms with Gasteiger partial charge in [0.25, 0.3) is 17.7 Å². The van der Waals surface area contributed by atoms with Gasteiger partial charge in [0.15, 0.2) is 12.4 Å². The molecule has 0 fully saturated rings. The average Bonchev–Trinajstić information content (AvgIpc) is 3.00. The third kappa shape index (κ3) is 4.76. The molecule has 0 aromatic heterocycles. The Morgan fingerprint density at radius 1 is 0.895 bits per heavy atom. The van der Waals surface area contributed by atoms with Crippen molar-refractivity contribution < 1.29 is 41.1 Å². The molecule has 7 nitrogen and oxygen atoms in total. The fourth-order valence-corrected chi connectivity index (χ4v) is 3.98. The van der Waals surface area contributed by atoms with E-state index in [9.17, 15) is 36.3 Å². The first-order valence-electron chi connectivity index (χ1n) is 11.3. The highest BCUT2D eigenvalue weighted by Gasteiger charge is 2.33. The van der Waals surface area contributed by atoms with E-state index in [0.717, 1.165) is 16.1 Å². The maximum atomic E-state index is 13.7. The molecule has 0 spiro atoms. The number of hydrogen-bond acceptors (Lipinski definition) is 4. The van der Waals surface area contributed by atoms with Crippen molar-refractivity contribution in [1.29, 1.82) is 0 Å². The lowest BCUT2D eigenvalue weighted by Crippen LogP contribution is -2.54. The Hall–Kier alpha value is -4.48. The zero-order valence-electron chi connectivity index (χ0n) is 20.0. The van der Waals surface area contributed by atoms with E-state index in [1.807, 2.05) is 18.2 Å². The molecule has 0 saturated carbocycles. The van der Waals surface area contributed by atoms with Crippen molar-refractivity contribution in [1.82, 2.24) is 10.7 Å². The number of para-hydroxylation sites is 1. The van der Waals surface area contributed by atoms with Crippen LogP contribution in [0.1, 0.15) is 25.3 Å². The van der Waals surface area contributed by atoms with Crippen molar-refractivity contribution in [3.8, 4) is 16.9 Å². The van der Waals surface area contributed by atoms with Gasteiger partial charge in [-0.25, -0.2) is 18.2 Å². The number of amides is 3. The number of rotatable bonds is 6. The summed E-state index contributed by atoms with van der Waals surface area (Å²) in [4.78, 5) is 38.4. The van der Waals surface area contributed by atoms with Gasteiger partial charge >= 0.3 is 0 Å². The fourth-order valence-electron chi connectivity index (χ4n) is 3.98. The molecule has 2 atom stereocenters. The van der Waals surface area contributed by atoms with Crippen molar-refractivity contribution >= 4 is 23.4 Å². The van der Waals surface area contributed by atoms with Gasteiger partial charge in [0.05, 0.1) is 11.6 Å². The number of anilines is 1. The predicted octanol–water partition coefficient (Wildman–Crippen LogP) is 4.11. The van der Waals surface area contributed by atoms with Gasteiger partial charge < -0.3 is 10.1 Å². The van der Waals surface area contributed by atoms with E-state index in [0.29, 0.717) is 11.3 Å². The number of nitrogens with one attached hydrogen (secondary N) is 2. The third-order valence-corrected chi connectivity index (χ3v) is 5.96. The smallest absolute Gasteiger partial charge is 0.261 e. The Labute approximate surface area is 213 Å². The molecule has 0 radical (unpaired) electrons. The third-order valence-electron chi connectivity index (χ3n) is 5.96. The molecule has 1 heterocycles. The fraction of sp³-hybridized carbons (Fsp3) is 0.192. The number of benzene rings is 3. The van der Waals surface area contributed by atoms with Gasteiger partial charge in [-0.1, -0.05) is 42.5 Å². The highest BCUT2D eigenvalue weighted by molar-refractivity contribution is 6.06. The van der Waals surface area contributed by atoms with Crippen LogP contribution < -0.4 is 20.5 Å². The monoisotopic (exact) mass is 533 g/mol. The van der Waals surface area contributed by atoms with Crippen molar-refractivity contribution in [3.63, 3.8) is 0 Å². The summed E-state index contributed by atoms with van der Waals surface area (Å²) in [6.07, 6.45) is 0. The molecular formula is C26H20F5N3O4. The molecule has 2 N–H and O–H groups in total. The van der Waals surface area contributed by atoms with E-state index in [4.69, 9.17) is 0 Å². The number of hydrazine groups is 1. The van der Waals surface area contributed by atoms with Crippen LogP contribution in [0.15, 0.2) is 48.5 Å². The molecule has 0 saturated heterocycles. The Bertz CT molecular complexity index is 1420. The van der Waals surface area contributed by atoms with E-state index in [1.54, 1.807) is 37.3 Å². The quantitative estimate of drug-likeness (QED) is 0.284. The summed E-state index contributed by atoms with van der Waals surface area (Å²) >= 11 is 0. The molecule has 0 aliphatic carbocycles. The van der Waals surface area contributed by atoms with Gasteiger partial charge in [0.1, 0.15) is 6.04 Å². The second-order valence-electron chi connectivity index (χ2n) is 8.45. The molecule has 3 amide bonds. The zero-order chi connectivity index (χ0) is 27.7. The molecule has 3 aromatic rings. The predicted molar refractivity (Wildman–Crippen MR) is 125 cm³/mol. The minimum atomic E-state index is -2.37. The van der Waals surface area contributed by atoms with Crippen LogP contribution in [0.4, 0.5) is 27.6 Å². The summed E-state index contributed by atoms with van der Waals surface area (Å²) in [5.41, 5.74) is 5.13. The first-order chi connectivity index (χ1) is 18.0. The molecule has 1 aliphatic rings. The minimum Gasteiger partial charge on any atom is -0.477 e. The van der Waals surface area contributed by atoms with Crippen LogP contribution >= 0.6 is 0 Å². The Morgan fingerprint density at radius 2 is 1.45 bits per heavy atom. The number of carbonyl (C=O) groups is 3. The number of hydrogen-bond donors (Lipinski definition) is 2. The van der Waals surface area contributed by atoms with Crippen LogP contribution in [0.3, 0.4) is 0 Å². The minimum absolute atomic E-state index is 0.399. The molecule has 198 valence electrons. The first-order valence-corrected chi connectivity index (χ1v) is 11.3. The highest BCUT2D eigenvalue weighted by Crippen LogP contribution is 2.40. The van der Waals surface area contributed by atoms with Gasteiger partial charge in [-0.2, -0.15) is 8.78 Å². The normalized spacial score (nSPS) is 15.2. The Morgan fingerprint density at radius 3 is 2.11 bits per heavy atom. The van der Waals surface area contributed by atoms with Gasteiger partial charge in [0.2, 0.25) is 29.1 Å². The second kappa shape index (κ2) is 10.5. The maximum Gasteiger partial charge on any atom is 0.261 e. The summed E-state index contributed by atoms with van der Waals surface area (Å²) in [6, 6.07) is 12.9. The van der Waals surface area contributed by atoms with E-state index in [-0.39, 0.29) is 0 Å². The van der Waals surface area contributed by atoms with Crippen LogP contribution in [-0.4, -0.2) is 30.4 Å². The molecule has 4 rings (SSSR count). The SMILES string of the molecule is CC1C(=O)N(NC(=O)[C@H](C)NC(=O)COc2c(F)c(F)c(F)c(F)c2F)c2ccccc2-c2ccccc21. The first kappa shape index (κ1) is 26.6. The number of carbonyl (C=O) groups excluding carboxylic acids is 3. The number of fused-ring (bicyclic) bond motifs is 3. The number of ether oxygens (including phenoxy) is 1. The molecule has 12 heteroatoms. The molecule has 1 aliphatic heterocycles. The summed E-state index contributed by atoms with van der Waals surface area (Å²) in [5.74, 6) is -15.9. The molecule has 38 heavy (non-hydrogen) atoms. The number of nitrogens with zero attached hydrogens (tertiary/aromatic N) is 1. The van der Waals surface area contributed by atoms with Gasteiger partial charge in [0, 0.05) is 5.56 Å². The van der Waals surface area contributed by atoms with E-state index >= 15 is 0 Å². The van der Waals surface area contributed by atoms with Gasteiger partial charge in [-0.05, 0) is 31.0 Å². The Balaban J connectivity index is 1.47. The van der Waals surface area contributed by atoms with Crippen molar-refractivity contribution in [2.75, 3.05) is 11.6 Å². The topological polar surface area (TPSA) is 87.7 Å². The van der Waals surface area contributed by atoms with Crippen LogP contribution in [0.25, 0.3) is 11.1 Å². The molecule has 0 bridgehead atoms. The summed E-state index contributed by atoms with van der Waals surface area (Å²) in [5, 5.41) is 3.26. The van der Waals surface area contributed by atoms with Crippen molar-refractivity contribution in [2.45, 2.75) is 25.8 Å². The number of halogens is 5. The van der Waals surface area contributed by atoms with Gasteiger partial charge in [-0.3, -0.25) is 19.8 Å². The average molecular weight is 533 g/mol. The lowest BCUT2D eigenvalue weighted by molar-refractivity contribution is -0.131. The van der Waals surface area contributed by atoms with E-state index < -0.39 is 71.1 Å². The van der Waals surface area contributed by atoms with Crippen molar-refractivity contribution in [3.05, 3.63) is 83.2 Å². The summed E-state index contributed by atoms with van der Waals surface area (Å²) < 4.78 is 71.8. The van der Waals surface area contributed by atoms with Gasteiger partial charge in [-0.15, -0.1) is 0 Å². The molecule has 1 unspecified atom stereocenters. The molecular weight excluding hydrogens is 513 g/mol. The van der Waals surface area contributed by atoms with Crippen LogP contribution in [0.2, 0.25) is 0 Å². The Kier molecular flexibility index (Phi) is 7.33. The van der Waals surface area contributed by atoms with Crippen LogP contribution in [0, 0.1) is 29.1 Å². The lowest BCUT2D eigenvalue weighted by atomic mass is 9.92. The highest BCUT2D eigenvalue weighted by atomic mass is 19.2. The standard InChI is InChI=1S/C26H20F5N3O4/c1-12-14-7-3-4-8-15(14)16-9-5-6-10-17(16)34(26(12)37)33-25(36)13(2)32-18(35)11-38-24-22(30)20(28)19(27)21(29)23(24)31/h3-10,12-13H,11H2,1-2H3,(H,32,35)(H,33,36)/t12?,13-/m0/s1. The second-order valence-corrected chi connectivity index (χ2v) is 8.45. The van der Waals surface area contributed by atoms with Crippen LogP contribution in [-0.2, 0) is 14.4 Å². The van der Waals surface area contributed by atoms with E-state index in [1.165, 1.54) is 6.92 Å². The zero-order valence-corrected chi connectivity index (χ0v) is 20.0. The lowest BCUT2D eigenvalue weighted by Gasteiger charge is -2.27. The summed E-state index contributed by atoms with van der Waals surface area (Å²) in [7, 11) is 0. The maximum absolute atomic E-state index is 13.7.